The largest absolute Gasteiger partial charge is 0.352 e. The van der Waals surface area contributed by atoms with Crippen LogP contribution >= 0.6 is 0 Å². The topological polar surface area (TPSA) is 81.6 Å². The molecule has 0 radical (unpaired) electrons. The molecule has 1 aliphatic rings. The molecule has 3 rings (SSSR count). The van der Waals surface area contributed by atoms with Gasteiger partial charge in [-0.3, -0.25) is 0 Å². The van der Waals surface area contributed by atoms with E-state index in [9.17, 15) is 12.8 Å². The van der Waals surface area contributed by atoms with Crippen LogP contribution in [0.4, 0.5) is 10.3 Å². The first-order valence-electron chi connectivity index (χ1n) is 8.49. The number of hydrogen-bond acceptors (Lipinski definition) is 6. The average Bonchev–Trinajstić information content (AvgIpc) is 3.14. The van der Waals surface area contributed by atoms with Crippen LogP contribution < -0.4 is 4.31 Å². The van der Waals surface area contributed by atoms with Gasteiger partial charge in [-0.1, -0.05) is 13.8 Å². The maximum atomic E-state index is 13.4. The van der Waals surface area contributed by atoms with E-state index in [1.54, 1.807) is 12.1 Å². The van der Waals surface area contributed by atoms with Crippen LogP contribution in [0.5, 0.6) is 0 Å². The first-order chi connectivity index (χ1) is 12.7. The molecular weight excluding hydrogens is 373 g/mol. The van der Waals surface area contributed by atoms with Gasteiger partial charge >= 0.3 is 0 Å². The Morgan fingerprint density at radius 2 is 1.89 bits per heavy atom. The number of benzene rings is 1. The molecular formula is C18H22FN3O4S. The van der Waals surface area contributed by atoms with E-state index in [1.807, 2.05) is 13.8 Å². The predicted octanol–water partition coefficient (Wildman–Crippen LogP) is 2.85. The van der Waals surface area contributed by atoms with Crippen molar-refractivity contribution in [1.29, 1.82) is 0 Å². The summed E-state index contributed by atoms with van der Waals surface area (Å²) < 4.78 is 49.5. The molecule has 1 fully saturated rings. The van der Waals surface area contributed by atoms with Crippen molar-refractivity contribution < 1.29 is 22.3 Å². The summed E-state index contributed by atoms with van der Waals surface area (Å²) in [5, 5.41) is 0. The summed E-state index contributed by atoms with van der Waals surface area (Å²) in [6, 6.07) is 5.88. The van der Waals surface area contributed by atoms with Gasteiger partial charge in [0.05, 0.1) is 24.3 Å². The van der Waals surface area contributed by atoms with Crippen molar-refractivity contribution in [3.63, 3.8) is 0 Å². The summed E-state index contributed by atoms with van der Waals surface area (Å²) in [4.78, 5) is 9.02. The van der Waals surface area contributed by atoms with Crippen molar-refractivity contribution in [2.45, 2.75) is 25.9 Å². The van der Waals surface area contributed by atoms with Crippen LogP contribution in [0.2, 0.25) is 0 Å². The molecule has 27 heavy (non-hydrogen) atoms. The summed E-state index contributed by atoms with van der Waals surface area (Å²) >= 11 is 0. The van der Waals surface area contributed by atoms with Crippen molar-refractivity contribution in [3.8, 4) is 11.3 Å². The van der Waals surface area contributed by atoms with Crippen molar-refractivity contribution in [3.05, 3.63) is 41.3 Å². The third-order valence-corrected chi connectivity index (χ3v) is 5.51. The minimum atomic E-state index is -3.54. The fourth-order valence-electron chi connectivity index (χ4n) is 2.85. The van der Waals surface area contributed by atoms with Crippen molar-refractivity contribution >= 4 is 16.0 Å². The Kier molecular flexibility index (Phi) is 5.45. The lowest BCUT2D eigenvalue weighted by atomic mass is 9.95. The minimum absolute atomic E-state index is 0.0156. The first-order valence-corrected chi connectivity index (χ1v) is 10.3. The SMILES string of the molecule is CC(C)c1nc(N(C)S(C)(=O)=O)nc(-c2ccc(F)cc2)c1C1COCO1. The van der Waals surface area contributed by atoms with Gasteiger partial charge in [0, 0.05) is 18.2 Å². The standard InChI is InChI=1S/C18H22FN3O4S/c1-11(2)16-15(14-9-25-10-26-14)17(12-5-7-13(19)8-6-12)21-18(20-16)22(3)27(4,23)24/h5-8,11,14H,9-10H2,1-4H3. The fraction of sp³-hybridized carbons (Fsp3) is 0.444. The second kappa shape index (κ2) is 7.49. The second-order valence-corrected chi connectivity index (χ2v) is 8.72. The minimum Gasteiger partial charge on any atom is -0.352 e. The molecule has 1 saturated heterocycles. The first kappa shape index (κ1) is 19.7. The molecule has 146 valence electrons. The zero-order valence-corrected chi connectivity index (χ0v) is 16.5. The quantitative estimate of drug-likeness (QED) is 0.774. The Morgan fingerprint density at radius 3 is 2.41 bits per heavy atom. The molecule has 0 bridgehead atoms. The number of hydrogen-bond donors (Lipinski definition) is 0. The molecule has 2 heterocycles. The normalized spacial score (nSPS) is 17.5. The molecule has 9 heteroatoms. The number of aromatic nitrogens is 2. The highest BCUT2D eigenvalue weighted by Gasteiger charge is 2.30. The molecule has 0 saturated carbocycles. The van der Waals surface area contributed by atoms with E-state index in [4.69, 9.17) is 9.47 Å². The fourth-order valence-corrected chi connectivity index (χ4v) is 3.23. The number of rotatable bonds is 5. The Hall–Kier alpha value is -2.10. The van der Waals surface area contributed by atoms with E-state index in [0.29, 0.717) is 23.6 Å². The average molecular weight is 395 g/mol. The number of sulfonamides is 1. The van der Waals surface area contributed by atoms with Gasteiger partial charge in [0.15, 0.2) is 0 Å². The summed E-state index contributed by atoms with van der Waals surface area (Å²) in [5.41, 5.74) is 2.56. The second-order valence-electron chi connectivity index (χ2n) is 6.71. The monoisotopic (exact) mass is 395 g/mol. The van der Waals surface area contributed by atoms with Crippen LogP contribution in [0, 0.1) is 5.82 Å². The maximum absolute atomic E-state index is 13.4. The summed E-state index contributed by atoms with van der Waals surface area (Å²) in [6.07, 6.45) is 0.713. The van der Waals surface area contributed by atoms with Gasteiger partial charge in [-0.15, -0.1) is 0 Å². The smallest absolute Gasteiger partial charge is 0.239 e. The summed E-state index contributed by atoms with van der Waals surface area (Å²) in [5.74, 6) is -0.325. The van der Waals surface area contributed by atoms with Crippen molar-refractivity contribution in [2.24, 2.45) is 0 Å². The van der Waals surface area contributed by atoms with Crippen molar-refractivity contribution in [2.75, 3.05) is 31.0 Å². The highest BCUT2D eigenvalue weighted by Crippen LogP contribution is 2.37. The molecule has 0 spiro atoms. The zero-order valence-electron chi connectivity index (χ0n) is 15.6. The van der Waals surface area contributed by atoms with E-state index in [1.165, 1.54) is 19.2 Å². The van der Waals surface area contributed by atoms with Gasteiger partial charge in [0.25, 0.3) is 0 Å². The summed E-state index contributed by atoms with van der Waals surface area (Å²) in [6.45, 7) is 4.43. The molecule has 0 aliphatic carbocycles. The molecule has 1 aromatic heterocycles. The molecule has 1 atom stereocenters. The highest BCUT2D eigenvalue weighted by molar-refractivity contribution is 7.92. The molecule has 0 N–H and O–H groups in total. The van der Waals surface area contributed by atoms with E-state index in [-0.39, 0.29) is 30.6 Å². The number of ether oxygens (including phenoxy) is 2. The summed E-state index contributed by atoms with van der Waals surface area (Å²) in [7, 11) is -2.14. The number of halogens is 1. The van der Waals surface area contributed by atoms with Gasteiger partial charge < -0.3 is 9.47 Å². The Morgan fingerprint density at radius 1 is 1.22 bits per heavy atom. The maximum Gasteiger partial charge on any atom is 0.239 e. The Bertz CT molecular complexity index is 926. The van der Waals surface area contributed by atoms with E-state index >= 15 is 0 Å². The molecule has 7 nitrogen and oxygen atoms in total. The zero-order chi connectivity index (χ0) is 19.8. The third-order valence-electron chi connectivity index (χ3n) is 4.35. The lowest BCUT2D eigenvalue weighted by molar-refractivity contribution is 0.0463. The number of nitrogens with zero attached hydrogens (tertiary/aromatic N) is 3. The van der Waals surface area contributed by atoms with Gasteiger partial charge in [-0.2, -0.15) is 0 Å². The van der Waals surface area contributed by atoms with Crippen LogP contribution in [-0.4, -0.2) is 45.1 Å². The van der Waals surface area contributed by atoms with Gasteiger partial charge in [0.1, 0.15) is 18.7 Å². The van der Waals surface area contributed by atoms with E-state index in [2.05, 4.69) is 9.97 Å². The van der Waals surface area contributed by atoms with Crippen LogP contribution in [0.25, 0.3) is 11.3 Å². The molecule has 1 unspecified atom stereocenters. The Labute approximate surface area is 158 Å². The van der Waals surface area contributed by atoms with E-state index < -0.39 is 10.0 Å². The highest BCUT2D eigenvalue weighted by atomic mass is 32.2. The van der Waals surface area contributed by atoms with Crippen LogP contribution in [-0.2, 0) is 19.5 Å². The predicted molar refractivity (Wildman–Crippen MR) is 99.4 cm³/mol. The van der Waals surface area contributed by atoms with Gasteiger partial charge in [-0.25, -0.2) is 27.1 Å². The van der Waals surface area contributed by atoms with Crippen molar-refractivity contribution in [1.82, 2.24) is 9.97 Å². The van der Waals surface area contributed by atoms with E-state index in [0.717, 1.165) is 16.1 Å². The van der Waals surface area contributed by atoms with Gasteiger partial charge in [0.2, 0.25) is 16.0 Å². The molecule has 1 aliphatic heterocycles. The Balaban J connectivity index is 2.28. The molecule has 2 aromatic rings. The van der Waals surface area contributed by atoms with Crippen LogP contribution in [0.15, 0.2) is 24.3 Å². The third kappa shape index (κ3) is 4.10. The lowest BCUT2D eigenvalue weighted by Crippen LogP contribution is -2.28. The molecule has 1 aromatic carbocycles. The van der Waals surface area contributed by atoms with Crippen LogP contribution in [0.1, 0.15) is 37.1 Å². The van der Waals surface area contributed by atoms with Crippen LogP contribution in [0.3, 0.4) is 0 Å². The van der Waals surface area contributed by atoms with Gasteiger partial charge in [-0.05, 0) is 30.2 Å². The lowest BCUT2D eigenvalue weighted by Gasteiger charge is -2.23. The number of anilines is 1. The molecule has 0 amide bonds.